The second-order valence-electron chi connectivity index (χ2n) is 8.78. The highest BCUT2D eigenvalue weighted by Crippen LogP contribution is 2.24. The van der Waals surface area contributed by atoms with Gasteiger partial charge in [-0.05, 0) is 55.2 Å². The Morgan fingerprint density at radius 1 is 0.968 bits per heavy atom. The molecule has 4 heterocycles. The van der Waals surface area contributed by atoms with E-state index in [9.17, 15) is 4.79 Å². The van der Waals surface area contributed by atoms with Crippen molar-refractivity contribution in [1.82, 2.24) is 20.2 Å². The van der Waals surface area contributed by atoms with Gasteiger partial charge in [-0.15, -0.1) is 0 Å². The van der Waals surface area contributed by atoms with E-state index >= 15 is 0 Å². The third-order valence-corrected chi connectivity index (χ3v) is 5.02. The molecule has 8 nitrogen and oxygen atoms in total. The first-order chi connectivity index (χ1) is 14.8. The molecule has 3 N–H and O–H groups in total. The highest BCUT2D eigenvalue weighted by Gasteiger charge is 2.28. The van der Waals surface area contributed by atoms with Gasteiger partial charge in [0.05, 0.1) is 6.54 Å². The van der Waals surface area contributed by atoms with Crippen LogP contribution in [0.5, 0.6) is 0 Å². The van der Waals surface area contributed by atoms with Gasteiger partial charge in [0, 0.05) is 69.5 Å². The number of nitrogens with zero attached hydrogens (tertiary/aromatic N) is 3. The number of aliphatic hydroxyl groups is 2. The van der Waals surface area contributed by atoms with Crippen molar-refractivity contribution in [1.29, 1.82) is 0 Å². The number of ether oxygens (including phenoxy) is 1. The lowest BCUT2D eigenvalue weighted by molar-refractivity contribution is 0.0241. The van der Waals surface area contributed by atoms with E-state index in [0.29, 0.717) is 25.9 Å². The number of aromatic nitrogens is 2. The van der Waals surface area contributed by atoms with Crippen LogP contribution in [-0.2, 0) is 43.8 Å². The van der Waals surface area contributed by atoms with Crippen LogP contribution in [0, 0.1) is 0 Å². The Morgan fingerprint density at radius 2 is 1.52 bits per heavy atom. The topological polar surface area (TPSA) is 108 Å². The molecule has 0 fully saturated rings. The van der Waals surface area contributed by atoms with Crippen LogP contribution in [0.15, 0.2) is 24.5 Å². The predicted octanol–water partition coefficient (Wildman–Crippen LogP) is 2.09. The molecule has 0 atom stereocenters. The van der Waals surface area contributed by atoms with Gasteiger partial charge in [-0.3, -0.25) is 14.9 Å². The summed E-state index contributed by atoms with van der Waals surface area (Å²) in [5.41, 5.74) is 6.11. The normalized spacial score (nSPS) is 14.5. The second kappa shape index (κ2) is 10.2. The number of aliphatic hydroxyl groups excluding tert-OH is 2. The zero-order valence-electron chi connectivity index (χ0n) is 18.5. The molecule has 8 heteroatoms. The molecule has 2 aromatic rings. The molecule has 0 aliphatic carbocycles. The predicted molar refractivity (Wildman–Crippen MR) is 116 cm³/mol. The lowest BCUT2D eigenvalue weighted by Crippen LogP contribution is -2.33. The van der Waals surface area contributed by atoms with Gasteiger partial charge in [0.2, 0.25) is 0 Å². The average molecular weight is 429 g/mol. The van der Waals surface area contributed by atoms with E-state index in [4.69, 9.17) is 14.9 Å². The zero-order valence-corrected chi connectivity index (χ0v) is 18.5. The molecular weight excluding hydrogens is 396 g/mol. The largest absolute Gasteiger partial charge is 0.444 e. The van der Waals surface area contributed by atoms with Crippen molar-refractivity contribution in [2.75, 3.05) is 13.2 Å². The molecule has 0 unspecified atom stereocenters. The number of hydrogen-bond acceptors (Lipinski definition) is 7. The summed E-state index contributed by atoms with van der Waals surface area (Å²) in [6, 6.07) is 4.03. The molecule has 0 radical (unpaired) electrons. The summed E-state index contributed by atoms with van der Waals surface area (Å²) in [5.74, 6) is 0. The van der Waals surface area contributed by atoms with Crippen molar-refractivity contribution in [3.05, 3.63) is 58.2 Å². The molecule has 31 heavy (non-hydrogen) atoms. The summed E-state index contributed by atoms with van der Waals surface area (Å²) in [6.07, 6.45) is 4.59. The molecule has 2 aromatic heterocycles. The van der Waals surface area contributed by atoms with Gasteiger partial charge in [0.25, 0.3) is 0 Å². The molecule has 2 aliphatic rings. The fourth-order valence-electron chi connectivity index (χ4n) is 3.52. The minimum absolute atomic E-state index is 0.0849. The highest BCUT2D eigenvalue weighted by atomic mass is 16.6. The maximum atomic E-state index is 12.0. The molecule has 168 valence electrons. The summed E-state index contributed by atoms with van der Waals surface area (Å²) < 4.78 is 5.36. The van der Waals surface area contributed by atoms with Crippen molar-refractivity contribution < 1.29 is 19.7 Å². The third kappa shape index (κ3) is 6.46. The van der Waals surface area contributed by atoms with Crippen LogP contribution >= 0.6 is 0 Å². The molecule has 2 aliphatic heterocycles. The number of amides is 1. The molecule has 0 aromatic carbocycles. The number of carbonyl (C=O) groups is 1. The van der Waals surface area contributed by atoms with Gasteiger partial charge < -0.3 is 20.3 Å². The fourth-order valence-corrected chi connectivity index (χ4v) is 3.52. The van der Waals surface area contributed by atoms with Gasteiger partial charge >= 0.3 is 6.09 Å². The van der Waals surface area contributed by atoms with Crippen LogP contribution in [0.3, 0.4) is 0 Å². The van der Waals surface area contributed by atoms with E-state index < -0.39 is 5.60 Å². The molecule has 0 spiro atoms. The molecular formula is C23H32N4O4. The van der Waals surface area contributed by atoms with Crippen molar-refractivity contribution in [3.8, 4) is 0 Å². The van der Waals surface area contributed by atoms with Crippen molar-refractivity contribution in [2.24, 2.45) is 0 Å². The molecule has 0 saturated carbocycles. The van der Waals surface area contributed by atoms with E-state index in [1.165, 1.54) is 11.1 Å². The Morgan fingerprint density at radius 3 is 2.13 bits per heavy atom. The van der Waals surface area contributed by atoms with Gasteiger partial charge in [-0.25, -0.2) is 4.79 Å². The SMILES string of the molecule is CC(C)(C)OC(=O)N1Cc2cnc(CCO)cc2C1.OCCc1cc2c(cn1)CNC2. The smallest absolute Gasteiger partial charge is 0.410 e. The Labute approximate surface area is 183 Å². The number of hydrogen-bond donors (Lipinski definition) is 3. The minimum Gasteiger partial charge on any atom is -0.444 e. The zero-order chi connectivity index (χ0) is 22.4. The van der Waals surface area contributed by atoms with Crippen LogP contribution in [0.1, 0.15) is 54.4 Å². The summed E-state index contributed by atoms with van der Waals surface area (Å²) in [5, 5.41) is 20.9. The van der Waals surface area contributed by atoms with E-state index in [1.54, 1.807) is 11.1 Å². The van der Waals surface area contributed by atoms with Gasteiger partial charge in [-0.1, -0.05) is 0 Å². The number of rotatable bonds is 4. The number of fused-ring (bicyclic) bond motifs is 2. The van der Waals surface area contributed by atoms with E-state index in [1.807, 2.05) is 33.0 Å². The van der Waals surface area contributed by atoms with Crippen molar-refractivity contribution in [2.45, 2.75) is 65.4 Å². The van der Waals surface area contributed by atoms with Crippen LogP contribution < -0.4 is 5.32 Å². The molecule has 0 saturated heterocycles. The molecule has 1 amide bonds. The summed E-state index contributed by atoms with van der Waals surface area (Å²) in [7, 11) is 0. The summed E-state index contributed by atoms with van der Waals surface area (Å²) in [6.45, 7) is 8.79. The Bertz CT molecular complexity index is 911. The van der Waals surface area contributed by atoms with Gasteiger partial charge in [0.1, 0.15) is 5.60 Å². The van der Waals surface area contributed by atoms with Crippen molar-refractivity contribution >= 4 is 6.09 Å². The lowest BCUT2D eigenvalue weighted by atomic mass is 10.1. The lowest BCUT2D eigenvalue weighted by Gasteiger charge is -2.24. The maximum absolute atomic E-state index is 12.0. The quantitative estimate of drug-likeness (QED) is 0.684. The first-order valence-electron chi connectivity index (χ1n) is 10.6. The third-order valence-electron chi connectivity index (χ3n) is 5.02. The van der Waals surface area contributed by atoms with Gasteiger partial charge in [0.15, 0.2) is 0 Å². The Hall–Kier alpha value is -2.55. The monoisotopic (exact) mass is 428 g/mol. The molecule has 0 bridgehead atoms. The first-order valence-corrected chi connectivity index (χ1v) is 10.6. The van der Waals surface area contributed by atoms with Crippen LogP contribution in [0.2, 0.25) is 0 Å². The second-order valence-corrected chi connectivity index (χ2v) is 8.78. The Balaban J connectivity index is 0.000000194. The fraction of sp³-hybridized carbons (Fsp3) is 0.522. The van der Waals surface area contributed by atoms with Gasteiger partial charge in [-0.2, -0.15) is 0 Å². The average Bonchev–Trinajstić information content (AvgIpc) is 3.34. The minimum atomic E-state index is -0.480. The summed E-state index contributed by atoms with van der Waals surface area (Å²) in [4.78, 5) is 22.2. The maximum Gasteiger partial charge on any atom is 0.410 e. The van der Waals surface area contributed by atoms with E-state index in [-0.39, 0.29) is 19.3 Å². The van der Waals surface area contributed by atoms with E-state index in [2.05, 4.69) is 21.4 Å². The van der Waals surface area contributed by atoms with Crippen molar-refractivity contribution in [3.63, 3.8) is 0 Å². The molecule has 4 rings (SSSR count). The van der Waals surface area contributed by atoms with Crippen LogP contribution in [0.4, 0.5) is 4.79 Å². The number of pyridine rings is 2. The van der Waals surface area contributed by atoms with Crippen LogP contribution in [0.25, 0.3) is 0 Å². The number of nitrogens with one attached hydrogen (secondary N) is 1. The highest BCUT2D eigenvalue weighted by molar-refractivity contribution is 5.69. The van der Waals surface area contributed by atoms with Crippen LogP contribution in [-0.4, -0.2) is 50.0 Å². The Kier molecular flexibility index (Phi) is 7.59. The van der Waals surface area contributed by atoms with E-state index in [0.717, 1.165) is 35.6 Å². The first kappa shape index (κ1) is 23.1. The summed E-state index contributed by atoms with van der Waals surface area (Å²) >= 11 is 0. The number of carbonyl (C=O) groups excluding carboxylic acids is 1. The standard InChI is InChI=1S/C14H20N2O3.C9H12N2O/c1-14(2,3)19-13(18)16-8-10-6-12(4-5-17)15-7-11(10)9-16;12-2-1-9-3-7-4-10-5-8(7)6-11-9/h6-7,17H,4-5,8-9H2,1-3H3;3,6,10,12H,1-2,4-5H2.